The molecule has 1 aliphatic rings. The molecule has 0 bridgehead atoms. The Morgan fingerprint density at radius 2 is 1.97 bits per heavy atom. The molecule has 0 N–H and O–H groups in total. The fraction of sp³-hybridized carbons (Fsp3) is 0.455. The highest BCUT2D eigenvalue weighted by Gasteiger charge is 2.32. The number of carbonyl (C=O) groups is 1. The minimum absolute atomic E-state index is 0.0219. The number of hydrogen-bond acceptors (Lipinski definition) is 4. The lowest BCUT2D eigenvalue weighted by Crippen LogP contribution is -2.37. The van der Waals surface area contributed by atoms with Gasteiger partial charge in [-0.3, -0.25) is 4.98 Å². The van der Waals surface area contributed by atoms with Gasteiger partial charge in [0.25, 0.3) is 0 Å². The summed E-state index contributed by atoms with van der Waals surface area (Å²) in [6.45, 7) is 6.33. The topological polar surface area (TPSA) is 51.7 Å². The maximum atomic E-state index is 12.8. The molecule has 0 radical (unpaired) electrons. The third-order valence-corrected chi connectivity index (χ3v) is 4.76. The molecule has 1 aromatic heterocycles. The first kappa shape index (κ1) is 21.9. The Hall–Kier alpha value is -2.77. The van der Waals surface area contributed by atoms with Crippen molar-refractivity contribution in [3.05, 3.63) is 47.8 Å². The van der Waals surface area contributed by atoms with Crippen molar-refractivity contribution in [1.29, 1.82) is 0 Å². The molecule has 8 heteroatoms. The van der Waals surface area contributed by atoms with Crippen LogP contribution in [0.25, 0.3) is 11.1 Å². The highest BCUT2D eigenvalue weighted by molar-refractivity contribution is 5.73. The van der Waals surface area contributed by atoms with Crippen LogP contribution in [0.2, 0.25) is 0 Å². The average Bonchev–Trinajstić information content (AvgIpc) is 2.66. The van der Waals surface area contributed by atoms with Crippen molar-refractivity contribution in [3.8, 4) is 16.9 Å². The van der Waals surface area contributed by atoms with Crippen LogP contribution < -0.4 is 4.74 Å². The monoisotopic (exact) mass is 422 g/mol. The molecule has 0 saturated heterocycles. The Bertz CT molecular complexity index is 905. The zero-order valence-electron chi connectivity index (χ0n) is 17.4. The number of rotatable bonds is 3. The molecule has 3 rings (SSSR count). The summed E-state index contributed by atoms with van der Waals surface area (Å²) in [6.07, 6.45) is -2.96. The number of fused-ring (bicyclic) bond motifs is 1. The molecule has 0 saturated carbocycles. The molecule has 1 aliphatic heterocycles. The van der Waals surface area contributed by atoms with Crippen LogP contribution in [-0.4, -0.2) is 41.8 Å². The molecule has 1 atom stereocenters. The standard InChI is InChI=1S/C22H25F3N2O3/c1-21(2,3)30-20(28)27(4)13-15-10-11-29-19-16(6-5-7-17(15)19)14-8-9-18(26-12-14)22(23,24)25/h5-9,12,15H,10-11,13H2,1-4H3/t15-/m0/s1. The van der Waals surface area contributed by atoms with E-state index in [0.717, 1.165) is 18.1 Å². The molecular weight excluding hydrogens is 397 g/mol. The van der Waals surface area contributed by atoms with Gasteiger partial charge in [-0.15, -0.1) is 0 Å². The second-order valence-corrected chi connectivity index (χ2v) is 8.35. The number of pyridine rings is 1. The van der Waals surface area contributed by atoms with Gasteiger partial charge in [0.2, 0.25) is 0 Å². The molecule has 5 nitrogen and oxygen atoms in total. The first-order valence-electron chi connectivity index (χ1n) is 9.69. The van der Waals surface area contributed by atoms with Crippen LogP contribution in [0, 0.1) is 0 Å². The van der Waals surface area contributed by atoms with Gasteiger partial charge >= 0.3 is 12.3 Å². The first-order chi connectivity index (χ1) is 14.0. The fourth-order valence-electron chi connectivity index (χ4n) is 3.38. The maximum absolute atomic E-state index is 12.8. The predicted octanol–water partition coefficient (Wildman–Crippen LogP) is 5.50. The number of nitrogens with zero attached hydrogens (tertiary/aromatic N) is 2. The summed E-state index contributed by atoms with van der Waals surface area (Å²) in [5, 5.41) is 0. The summed E-state index contributed by atoms with van der Waals surface area (Å²) < 4.78 is 49.7. The van der Waals surface area contributed by atoms with Crippen LogP contribution in [-0.2, 0) is 10.9 Å². The number of amides is 1. The SMILES string of the molecule is CN(C[C@@H]1CCOc2c(-c3ccc(C(F)(F)F)nc3)cccc21)C(=O)OC(C)(C)C. The van der Waals surface area contributed by atoms with Crippen LogP contribution >= 0.6 is 0 Å². The van der Waals surface area contributed by atoms with Crippen molar-refractivity contribution in [1.82, 2.24) is 9.88 Å². The molecular formula is C22H25F3N2O3. The van der Waals surface area contributed by atoms with Gasteiger partial charge in [0.1, 0.15) is 17.0 Å². The van der Waals surface area contributed by atoms with E-state index in [1.807, 2.05) is 32.9 Å². The van der Waals surface area contributed by atoms with Crippen LogP contribution in [0.1, 0.15) is 44.4 Å². The summed E-state index contributed by atoms with van der Waals surface area (Å²) in [7, 11) is 1.69. The number of para-hydroxylation sites is 1. The normalized spacial score (nSPS) is 16.4. The Morgan fingerprint density at radius 1 is 1.23 bits per heavy atom. The van der Waals surface area contributed by atoms with Gasteiger partial charge in [-0.2, -0.15) is 13.2 Å². The number of hydrogen-bond donors (Lipinski definition) is 0. The minimum atomic E-state index is -4.48. The Balaban J connectivity index is 1.84. The Kier molecular flexibility index (Phi) is 5.97. The first-order valence-corrected chi connectivity index (χ1v) is 9.69. The number of aromatic nitrogens is 1. The zero-order valence-corrected chi connectivity index (χ0v) is 17.4. The van der Waals surface area contributed by atoms with Crippen molar-refractivity contribution in [2.24, 2.45) is 0 Å². The number of ether oxygens (including phenoxy) is 2. The molecule has 0 unspecified atom stereocenters. The second-order valence-electron chi connectivity index (χ2n) is 8.35. The van der Waals surface area contributed by atoms with E-state index in [2.05, 4.69) is 4.98 Å². The van der Waals surface area contributed by atoms with E-state index < -0.39 is 23.6 Å². The lowest BCUT2D eigenvalue weighted by Gasteiger charge is -2.31. The van der Waals surface area contributed by atoms with E-state index in [0.29, 0.717) is 30.0 Å². The molecule has 162 valence electrons. The molecule has 2 aromatic rings. The lowest BCUT2D eigenvalue weighted by molar-refractivity contribution is -0.141. The molecule has 2 heterocycles. The van der Waals surface area contributed by atoms with Crippen molar-refractivity contribution >= 4 is 6.09 Å². The second kappa shape index (κ2) is 8.16. The highest BCUT2D eigenvalue weighted by atomic mass is 19.4. The van der Waals surface area contributed by atoms with Crippen molar-refractivity contribution < 1.29 is 27.4 Å². The van der Waals surface area contributed by atoms with Gasteiger partial charge in [-0.25, -0.2) is 4.79 Å². The number of alkyl halides is 3. The van der Waals surface area contributed by atoms with Gasteiger partial charge < -0.3 is 14.4 Å². The molecule has 1 aromatic carbocycles. The minimum Gasteiger partial charge on any atom is -0.493 e. The van der Waals surface area contributed by atoms with E-state index in [1.54, 1.807) is 13.1 Å². The third-order valence-electron chi connectivity index (χ3n) is 4.76. The average molecular weight is 422 g/mol. The summed E-state index contributed by atoms with van der Waals surface area (Å²) in [5.74, 6) is 0.640. The summed E-state index contributed by atoms with van der Waals surface area (Å²) in [6, 6.07) is 7.91. The Morgan fingerprint density at radius 3 is 2.57 bits per heavy atom. The number of likely N-dealkylation sites (N-methyl/N-ethyl adjacent to an activating group) is 1. The maximum Gasteiger partial charge on any atom is 0.433 e. The van der Waals surface area contributed by atoms with Crippen LogP contribution in [0.15, 0.2) is 36.5 Å². The van der Waals surface area contributed by atoms with Gasteiger partial charge in [0.05, 0.1) is 6.61 Å². The van der Waals surface area contributed by atoms with Gasteiger partial charge in [0, 0.05) is 36.8 Å². The predicted molar refractivity (Wildman–Crippen MR) is 106 cm³/mol. The summed E-state index contributed by atoms with van der Waals surface area (Å²) in [4.78, 5) is 17.4. The smallest absolute Gasteiger partial charge is 0.433 e. The quantitative estimate of drug-likeness (QED) is 0.655. The Labute approximate surface area is 173 Å². The fourth-order valence-corrected chi connectivity index (χ4v) is 3.38. The van der Waals surface area contributed by atoms with Crippen molar-refractivity contribution in [3.63, 3.8) is 0 Å². The van der Waals surface area contributed by atoms with E-state index >= 15 is 0 Å². The number of benzene rings is 1. The third kappa shape index (κ3) is 5.04. The molecule has 0 spiro atoms. The molecule has 1 amide bonds. The molecule has 30 heavy (non-hydrogen) atoms. The summed E-state index contributed by atoms with van der Waals surface area (Å²) >= 11 is 0. The van der Waals surface area contributed by atoms with Crippen molar-refractivity contribution in [2.45, 2.75) is 44.9 Å². The van der Waals surface area contributed by atoms with Crippen LogP contribution in [0.4, 0.5) is 18.0 Å². The highest BCUT2D eigenvalue weighted by Crippen LogP contribution is 2.41. The van der Waals surface area contributed by atoms with E-state index in [1.165, 1.54) is 17.2 Å². The molecule has 0 fully saturated rings. The van der Waals surface area contributed by atoms with E-state index in [9.17, 15) is 18.0 Å². The zero-order chi connectivity index (χ0) is 22.1. The van der Waals surface area contributed by atoms with Gasteiger partial charge in [-0.05, 0) is 38.8 Å². The van der Waals surface area contributed by atoms with Gasteiger partial charge in [0.15, 0.2) is 0 Å². The lowest BCUT2D eigenvalue weighted by atomic mass is 9.89. The number of halogens is 3. The summed E-state index contributed by atoms with van der Waals surface area (Å²) in [5.41, 5.74) is 0.615. The largest absolute Gasteiger partial charge is 0.493 e. The number of carbonyl (C=O) groups excluding carboxylic acids is 1. The van der Waals surface area contributed by atoms with Gasteiger partial charge in [-0.1, -0.05) is 24.3 Å². The van der Waals surface area contributed by atoms with Crippen LogP contribution in [0.3, 0.4) is 0 Å². The van der Waals surface area contributed by atoms with Crippen molar-refractivity contribution in [2.75, 3.05) is 20.2 Å². The molecule has 0 aliphatic carbocycles. The van der Waals surface area contributed by atoms with E-state index in [4.69, 9.17) is 9.47 Å². The van der Waals surface area contributed by atoms with E-state index in [-0.39, 0.29) is 5.92 Å². The van der Waals surface area contributed by atoms with Crippen LogP contribution in [0.5, 0.6) is 5.75 Å².